The second-order valence-electron chi connectivity index (χ2n) is 5.03. The van der Waals surface area contributed by atoms with Crippen LogP contribution >= 0.6 is 0 Å². The molecule has 0 bridgehead atoms. The van der Waals surface area contributed by atoms with Crippen LogP contribution < -0.4 is 5.32 Å². The van der Waals surface area contributed by atoms with Gasteiger partial charge in [0.25, 0.3) is 0 Å². The SMILES string of the molecule is CC(C)c1cc(NCC2CCC(C(=O)O)O2)ncn1. The molecular formula is C13H19N3O3. The number of anilines is 1. The molecule has 0 aliphatic carbocycles. The number of aromatic nitrogens is 2. The number of hydrogen-bond donors (Lipinski definition) is 2. The molecule has 19 heavy (non-hydrogen) atoms. The van der Waals surface area contributed by atoms with Crippen molar-refractivity contribution < 1.29 is 14.6 Å². The first-order valence-corrected chi connectivity index (χ1v) is 6.50. The van der Waals surface area contributed by atoms with Gasteiger partial charge in [-0.2, -0.15) is 0 Å². The zero-order chi connectivity index (χ0) is 13.8. The van der Waals surface area contributed by atoms with Gasteiger partial charge < -0.3 is 15.2 Å². The Bertz CT molecular complexity index is 451. The lowest BCUT2D eigenvalue weighted by Gasteiger charge is -2.13. The van der Waals surface area contributed by atoms with E-state index in [9.17, 15) is 4.79 Å². The summed E-state index contributed by atoms with van der Waals surface area (Å²) in [6.45, 7) is 4.71. The van der Waals surface area contributed by atoms with Gasteiger partial charge in [-0.05, 0) is 18.8 Å². The number of hydrogen-bond acceptors (Lipinski definition) is 5. The molecule has 0 radical (unpaired) electrons. The topological polar surface area (TPSA) is 84.3 Å². The lowest BCUT2D eigenvalue weighted by Crippen LogP contribution is -2.24. The van der Waals surface area contributed by atoms with Gasteiger partial charge in [-0.25, -0.2) is 14.8 Å². The van der Waals surface area contributed by atoms with Crippen molar-refractivity contribution in [1.82, 2.24) is 9.97 Å². The van der Waals surface area contributed by atoms with E-state index in [1.165, 1.54) is 6.33 Å². The highest BCUT2D eigenvalue weighted by Gasteiger charge is 2.30. The molecule has 2 N–H and O–H groups in total. The summed E-state index contributed by atoms with van der Waals surface area (Å²) in [7, 11) is 0. The molecule has 104 valence electrons. The number of ether oxygens (including phenoxy) is 1. The number of carbonyl (C=O) groups is 1. The zero-order valence-electron chi connectivity index (χ0n) is 11.2. The van der Waals surface area contributed by atoms with Crippen LogP contribution in [0.25, 0.3) is 0 Å². The fourth-order valence-corrected chi connectivity index (χ4v) is 2.04. The van der Waals surface area contributed by atoms with Crippen LogP contribution in [-0.4, -0.2) is 39.8 Å². The van der Waals surface area contributed by atoms with Crippen molar-refractivity contribution in [3.8, 4) is 0 Å². The standard InChI is InChI=1S/C13H19N3O3/c1-8(2)10-5-12(16-7-15-10)14-6-9-3-4-11(19-9)13(17)18/h5,7-9,11H,3-4,6H2,1-2H3,(H,17,18)(H,14,15,16). The Hall–Kier alpha value is -1.69. The quantitative estimate of drug-likeness (QED) is 0.842. The van der Waals surface area contributed by atoms with Crippen LogP contribution in [0.4, 0.5) is 5.82 Å². The third-order valence-electron chi connectivity index (χ3n) is 3.17. The van der Waals surface area contributed by atoms with Crippen molar-refractivity contribution >= 4 is 11.8 Å². The monoisotopic (exact) mass is 265 g/mol. The third-order valence-corrected chi connectivity index (χ3v) is 3.17. The number of nitrogens with one attached hydrogen (secondary N) is 1. The van der Waals surface area contributed by atoms with Crippen LogP contribution in [0.1, 0.15) is 38.3 Å². The van der Waals surface area contributed by atoms with Crippen molar-refractivity contribution in [2.75, 3.05) is 11.9 Å². The van der Waals surface area contributed by atoms with Gasteiger partial charge in [0, 0.05) is 18.3 Å². The van der Waals surface area contributed by atoms with Crippen LogP contribution in [0.5, 0.6) is 0 Å². The molecule has 0 saturated carbocycles. The maximum absolute atomic E-state index is 10.8. The largest absolute Gasteiger partial charge is 0.479 e. The molecule has 1 fully saturated rings. The maximum Gasteiger partial charge on any atom is 0.332 e. The lowest BCUT2D eigenvalue weighted by molar-refractivity contribution is -0.149. The van der Waals surface area contributed by atoms with Crippen molar-refractivity contribution in [1.29, 1.82) is 0 Å². The smallest absolute Gasteiger partial charge is 0.332 e. The van der Waals surface area contributed by atoms with Gasteiger partial charge in [-0.3, -0.25) is 0 Å². The van der Waals surface area contributed by atoms with E-state index in [1.807, 2.05) is 6.07 Å². The second kappa shape index (κ2) is 5.97. The van der Waals surface area contributed by atoms with Crippen molar-refractivity contribution in [2.24, 2.45) is 0 Å². The number of carboxylic acids is 1. The van der Waals surface area contributed by atoms with E-state index in [0.29, 0.717) is 18.9 Å². The molecule has 0 amide bonds. The molecule has 2 heterocycles. The number of rotatable bonds is 5. The summed E-state index contributed by atoms with van der Waals surface area (Å²) in [6, 6.07) is 1.91. The van der Waals surface area contributed by atoms with Gasteiger partial charge in [-0.1, -0.05) is 13.8 Å². The number of aliphatic carboxylic acids is 1. The fraction of sp³-hybridized carbons (Fsp3) is 0.615. The van der Waals surface area contributed by atoms with E-state index in [4.69, 9.17) is 9.84 Å². The van der Waals surface area contributed by atoms with Gasteiger partial charge in [0.05, 0.1) is 6.10 Å². The molecule has 1 aromatic heterocycles. The minimum Gasteiger partial charge on any atom is -0.479 e. The summed E-state index contributed by atoms with van der Waals surface area (Å²) < 4.78 is 5.42. The fourth-order valence-electron chi connectivity index (χ4n) is 2.04. The van der Waals surface area contributed by atoms with Crippen LogP contribution in [0.3, 0.4) is 0 Å². The Kier molecular flexibility index (Phi) is 4.31. The Morgan fingerprint density at radius 1 is 1.53 bits per heavy atom. The summed E-state index contributed by atoms with van der Waals surface area (Å²) >= 11 is 0. The van der Waals surface area contributed by atoms with E-state index >= 15 is 0 Å². The predicted octanol–water partition coefficient (Wildman–Crippen LogP) is 1.64. The Balaban J connectivity index is 1.86. The van der Waals surface area contributed by atoms with Gasteiger partial charge in [0.1, 0.15) is 12.1 Å². The second-order valence-corrected chi connectivity index (χ2v) is 5.03. The molecule has 6 heteroatoms. The molecule has 0 spiro atoms. The van der Waals surface area contributed by atoms with Crippen LogP contribution in [0.2, 0.25) is 0 Å². The highest BCUT2D eigenvalue weighted by atomic mass is 16.5. The van der Waals surface area contributed by atoms with Gasteiger partial charge in [0.15, 0.2) is 6.10 Å². The molecule has 1 aliphatic rings. The van der Waals surface area contributed by atoms with Gasteiger partial charge in [0.2, 0.25) is 0 Å². The molecule has 2 rings (SSSR count). The van der Waals surface area contributed by atoms with Crippen LogP contribution in [0, 0.1) is 0 Å². The normalized spacial score (nSPS) is 22.7. The first-order chi connectivity index (χ1) is 9.06. The highest BCUT2D eigenvalue weighted by Crippen LogP contribution is 2.20. The Morgan fingerprint density at radius 2 is 2.32 bits per heavy atom. The first-order valence-electron chi connectivity index (χ1n) is 6.50. The molecule has 0 aromatic carbocycles. The zero-order valence-corrected chi connectivity index (χ0v) is 11.2. The lowest BCUT2D eigenvalue weighted by atomic mass is 10.1. The summed E-state index contributed by atoms with van der Waals surface area (Å²) in [5.41, 5.74) is 0.980. The van der Waals surface area contributed by atoms with Crippen molar-refractivity contribution in [3.05, 3.63) is 18.1 Å². The van der Waals surface area contributed by atoms with E-state index in [-0.39, 0.29) is 6.10 Å². The van der Waals surface area contributed by atoms with Gasteiger partial charge >= 0.3 is 5.97 Å². The van der Waals surface area contributed by atoms with Crippen molar-refractivity contribution in [2.45, 2.75) is 44.8 Å². The summed E-state index contributed by atoms with van der Waals surface area (Å²) in [5.74, 6) is 0.218. The van der Waals surface area contributed by atoms with Crippen LogP contribution in [-0.2, 0) is 9.53 Å². The molecule has 1 aromatic rings. The molecule has 6 nitrogen and oxygen atoms in total. The average molecular weight is 265 g/mol. The van der Waals surface area contributed by atoms with E-state index in [0.717, 1.165) is 17.9 Å². The third kappa shape index (κ3) is 3.64. The Labute approximate surface area is 112 Å². The molecule has 1 saturated heterocycles. The van der Waals surface area contributed by atoms with E-state index in [2.05, 4.69) is 29.1 Å². The van der Waals surface area contributed by atoms with Crippen LogP contribution in [0.15, 0.2) is 12.4 Å². The van der Waals surface area contributed by atoms with Gasteiger partial charge in [-0.15, -0.1) is 0 Å². The van der Waals surface area contributed by atoms with E-state index in [1.54, 1.807) is 0 Å². The number of carboxylic acid groups (broad SMARTS) is 1. The summed E-state index contributed by atoms with van der Waals surface area (Å²) in [6.07, 6.45) is 2.13. The molecule has 2 atom stereocenters. The Morgan fingerprint density at radius 3 is 2.95 bits per heavy atom. The average Bonchev–Trinajstić information content (AvgIpc) is 2.85. The minimum atomic E-state index is -0.883. The summed E-state index contributed by atoms with van der Waals surface area (Å²) in [4.78, 5) is 19.1. The van der Waals surface area contributed by atoms with E-state index < -0.39 is 12.1 Å². The summed E-state index contributed by atoms with van der Waals surface area (Å²) in [5, 5.41) is 12.0. The highest BCUT2D eigenvalue weighted by molar-refractivity contribution is 5.72. The molecule has 1 aliphatic heterocycles. The maximum atomic E-state index is 10.8. The molecule has 2 unspecified atom stereocenters. The number of nitrogens with zero attached hydrogens (tertiary/aromatic N) is 2. The minimum absolute atomic E-state index is 0.0708. The first kappa shape index (κ1) is 13.7. The van der Waals surface area contributed by atoms with Crippen molar-refractivity contribution in [3.63, 3.8) is 0 Å². The predicted molar refractivity (Wildman–Crippen MR) is 70.1 cm³/mol. The molecular weight excluding hydrogens is 246 g/mol.